The highest BCUT2D eigenvalue weighted by Crippen LogP contribution is 2.41. The summed E-state index contributed by atoms with van der Waals surface area (Å²) < 4.78 is 25.0. The van der Waals surface area contributed by atoms with E-state index in [1.54, 1.807) is 11.3 Å². The van der Waals surface area contributed by atoms with Gasteiger partial charge in [0.15, 0.2) is 9.84 Å². The maximum atomic E-state index is 12.5. The predicted molar refractivity (Wildman–Crippen MR) is 115 cm³/mol. The molecule has 0 unspecified atom stereocenters. The first-order chi connectivity index (χ1) is 13.3. The lowest BCUT2D eigenvalue weighted by molar-refractivity contribution is 0.100. The number of thiophene rings is 1. The molecule has 4 rings (SSSR count). The van der Waals surface area contributed by atoms with E-state index in [0.717, 1.165) is 26.9 Å². The summed E-state index contributed by atoms with van der Waals surface area (Å²) in [5, 5.41) is 2.64. The molecule has 148 valence electrons. The molecule has 3 aromatic rings. The van der Waals surface area contributed by atoms with Crippen molar-refractivity contribution in [1.29, 1.82) is 0 Å². The number of carbonyl (C=O) groups is 1. The van der Waals surface area contributed by atoms with Crippen LogP contribution >= 0.6 is 11.3 Å². The van der Waals surface area contributed by atoms with Gasteiger partial charge in [0, 0.05) is 16.5 Å². The molecule has 1 aromatic carbocycles. The molecule has 1 aliphatic heterocycles. The first-order valence-corrected chi connectivity index (χ1v) is 12.1. The van der Waals surface area contributed by atoms with Crippen LogP contribution in [0.5, 0.6) is 0 Å². The molecule has 3 heterocycles. The van der Waals surface area contributed by atoms with Gasteiger partial charge < -0.3 is 10.7 Å². The van der Waals surface area contributed by atoms with Crippen molar-refractivity contribution in [3.05, 3.63) is 47.0 Å². The molecule has 0 saturated carbocycles. The number of carbonyl (C=O) groups excluding carboxylic acids is 1. The second kappa shape index (κ2) is 7.04. The van der Waals surface area contributed by atoms with Crippen molar-refractivity contribution in [3.8, 4) is 10.4 Å². The van der Waals surface area contributed by atoms with Crippen molar-refractivity contribution in [2.75, 3.05) is 5.75 Å². The number of nitrogens with two attached hydrogens (primary N) is 1. The topological polar surface area (TPSA) is 93.0 Å². The van der Waals surface area contributed by atoms with Gasteiger partial charge in [-0.05, 0) is 59.4 Å². The van der Waals surface area contributed by atoms with Crippen LogP contribution in [0.15, 0.2) is 35.8 Å². The fraction of sp³-hybridized carbons (Fsp3) is 0.381. The highest BCUT2D eigenvalue weighted by atomic mass is 32.2. The minimum atomic E-state index is -3.05. The molecule has 2 aromatic heterocycles. The number of H-pyrrole nitrogens is 1. The van der Waals surface area contributed by atoms with Gasteiger partial charge >= 0.3 is 0 Å². The first kappa shape index (κ1) is 19.2. The van der Waals surface area contributed by atoms with Gasteiger partial charge in [0.1, 0.15) is 0 Å². The van der Waals surface area contributed by atoms with Crippen LogP contribution < -0.4 is 5.73 Å². The molecule has 0 bridgehead atoms. The largest absolute Gasteiger partial charge is 0.366 e. The van der Waals surface area contributed by atoms with Gasteiger partial charge in [0.25, 0.3) is 5.91 Å². The molecule has 1 aliphatic rings. The summed E-state index contributed by atoms with van der Waals surface area (Å²) in [4.78, 5) is 16.4. The molecule has 5 nitrogen and oxygen atoms in total. The Kier molecular flexibility index (Phi) is 4.83. The van der Waals surface area contributed by atoms with Gasteiger partial charge in [-0.1, -0.05) is 19.9 Å². The number of sulfone groups is 1. The van der Waals surface area contributed by atoms with Crippen LogP contribution in [0.2, 0.25) is 0 Å². The summed E-state index contributed by atoms with van der Waals surface area (Å²) in [5.74, 6) is -0.0338. The van der Waals surface area contributed by atoms with E-state index in [1.165, 1.54) is 0 Å². The smallest absolute Gasteiger partial charge is 0.250 e. The van der Waals surface area contributed by atoms with E-state index in [1.807, 2.05) is 43.6 Å². The zero-order valence-corrected chi connectivity index (χ0v) is 17.6. The molecular weight excluding hydrogens is 392 g/mol. The van der Waals surface area contributed by atoms with Crippen LogP contribution in [0.4, 0.5) is 0 Å². The van der Waals surface area contributed by atoms with Crippen LogP contribution in [0, 0.1) is 5.92 Å². The third-order valence-electron chi connectivity index (χ3n) is 5.80. The summed E-state index contributed by atoms with van der Waals surface area (Å²) >= 11 is 1.61. The van der Waals surface area contributed by atoms with Gasteiger partial charge in [-0.3, -0.25) is 4.79 Å². The first-order valence-electron chi connectivity index (χ1n) is 9.48. The second-order valence-electron chi connectivity index (χ2n) is 7.90. The molecule has 0 aliphatic carbocycles. The van der Waals surface area contributed by atoms with E-state index >= 15 is 0 Å². The summed E-state index contributed by atoms with van der Waals surface area (Å²) in [5.41, 5.74) is 8.89. The van der Waals surface area contributed by atoms with E-state index in [2.05, 4.69) is 11.1 Å². The third-order valence-corrected chi connectivity index (χ3v) is 9.19. The molecular formula is C21H24N2O3S2. The molecule has 1 fully saturated rings. The van der Waals surface area contributed by atoms with Crippen LogP contribution in [-0.4, -0.2) is 30.3 Å². The summed E-state index contributed by atoms with van der Waals surface area (Å²) in [7, 11) is -3.05. The number of aromatic nitrogens is 1. The molecule has 0 radical (unpaired) electrons. The van der Waals surface area contributed by atoms with Crippen LogP contribution in [-0.2, 0) is 9.84 Å². The normalized spacial score (nSPS) is 22.0. The Bertz CT molecular complexity index is 1130. The highest BCUT2D eigenvalue weighted by molar-refractivity contribution is 7.92. The zero-order chi connectivity index (χ0) is 20.1. The van der Waals surface area contributed by atoms with E-state index in [-0.39, 0.29) is 22.8 Å². The number of fused-ring (bicyclic) bond motifs is 1. The number of hydrogen-bond donors (Lipinski definition) is 2. The minimum absolute atomic E-state index is 0.0841. The van der Waals surface area contributed by atoms with Crippen LogP contribution in [0.3, 0.4) is 0 Å². The molecule has 0 spiro atoms. The maximum Gasteiger partial charge on any atom is 0.250 e. The minimum Gasteiger partial charge on any atom is -0.366 e. The Hall–Kier alpha value is -2.12. The average molecular weight is 417 g/mol. The Morgan fingerprint density at radius 2 is 2.11 bits per heavy atom. The van der Waals surface area contributed by atoms with Gasteiger partial charge in [-0.2, -0.15) is 0 Å². The van der Waals surface area contributed by atoms with Gasteiger partial charge in [-0.25, -0.2) is 8.42 Å². The standard InChI is InChI=1S/C21H24N2O3S2/c1-12(2)19-10-13(5-7-28(19,25)26)17-11-23-20-15(17)8-14(9-16(20)21(22)24)18-4-3-6-27-18/h3-4,6,8-9,11-13,19,23H,5,7,10H2,1-2H3,(H2,22,24)/t13-,19-/m1/s1. The van der Waals surface area contributed by atoms with Crippen molar-refractivity contribution in [2.24, 2.45) is 11.7 Å². The third kappa shape index (κ3) is 3.26. The Morgan fingerprint density at radius 3 is 2.75 bits per heavy atom. The maximum absolute atomic E-state index is 12.5. The van der Waals surface area contributed by atoms with E-state index < -0.39 is 15.7 Å². The van der Waals surface area contributed by atoms with Gasteiger partial charge in [0.05, 0.1) is 22.1 Å². The van der Waals surface area contributed by atoms with Crippen molar-refractivity contribution in [3.63, 3.8) is 0 Å². The number of rotatable bonds is 4. The summed E-state index contributed by atoms with van der Waals surface area (Å²) in [6, 6.07) is 7.92. The lowest BCUT2D eigenvalue weighted by Crippen LogP contribution is -2.35. The molecule has 3 N–H and O–H groups in total. The van der Waals surface area contributed by atoms with E-state index in [9.17, 15) is 13.2 Å². The summed E-state index contributed by atoms with van der Waals surface area (Å²) in [6.45, 7) is 3.94. The van der Waals surface area contributed by atoms with Crippen molar-refractivity contribution >= 4 is 38.0 Å². The van der Waals surface area contributed by atoms with Crippen molar-refractivity contribution in [2.45, 2.75) is 37.9 Å². The number of benzene rings is 1. The van der Waals surface area contributed by atoms with E-state index in [0.29, 0.717) is 18.4 Å². The quantitative estimate of drug-likeness (QED) is 0.663. The second-order valence-corrected chi connectivity index (χ2v) is 11.2. The number of hydrogen-bond acceptors (Lipinski definition) is 4. The number of aromatic amines is 1. The lowest BCUT2D eigenvalue weighted by atomic mass is 9.87. The molecule has 1 saturated heterocycles. The summed E-state index contributed by atoms with van der Waals surface area (Å²) in [6.07, 6.45) is 3.14. The molecule has 2 atom stereocenters. The zero-order valence-electron chi connectivity index (χ0n) is 15.9. The van der Waals surface area contributed by atoms with Gasteiger partial charge in [0.2, 0.25) is 0 Å². The monoisotopic (exact) mass is 416 g/mol. The van der Waals surface area contributed by atoms with Gasteiger partial charge in [-0.15, -0.1) is 11.3 Å². The van der Waals surface area contributed by atoms with Crippen molar-refractivity contribution < 1.29 is 13.2 Å². The predicted octanol–water partition coefficient (Wildman–Crippen LogP) is 4.31. The average Bonchev–Trinajstić information content (AvgIpc) is 3.30. The number of nitrogens with one attached hydrogen (secondary N) is 1. The number of primary amides is 1. The molecule has 1 amide bonds. The SMILES string of the molecule is CC(C)[C@H]1C[C@H](c2c[nH]c3c(C(N)=O)cc(-c4cccs4)cc23)CCS1(=O)=O. The Labute approximate surface area is 168 Å². The van der Waals surface area contributed by atoms with Crippen LogP contribution in [0.1, 0.15) is 48.5 Å². The Balaban J connectivity index is 1.83. The molecule has 28 heavy (non-hydrogen) atoms. The molecule has 7 heteroatoms. The fourth-order valence-electron chi connectivity index (χ4n) is 4.34. The lowest BCUT2D eigenvalue weighted by Gasteiger charge is -2.31. The van der Waals surface area contributed by atoms with Crippen LogP contribution in [0.25, 0.3) is 21.3 Å². The van der Waals surface area contributed by atoms with Crippen molar-refractivity contribution in [1.82, 2.24) is 4.98 Å². The highest BCUT2D eigenvalue weighted by Gasteiger charge is 2.37. The van der Waals surface area contributed by atoms with E-state index in [4.69, 9.17) is 5.73 Å². The fourth-order valence-corrected chi connectivity index (χ4v) is 7.33. The Morgan fingerprint density at radius 1 is 1.32 bits per heavy atom. The number of amides is 1.